The molecule has 0 saturated heterocycles. The van der Waals surface area contributed by atoms with Crippen molar-refractivity contribution in [2.45, 2.75) is 13.0 Å². The van der Waals surface area contributed by atoms with Gasteiger partial charge < -0.3 is 16.0 Å². The zero-order valence-corrected chi connectivity index (χ0v) is 15.1. The fourth-order valence-electron chi connectivity index (χ4n) is 2.70. The lowest BCUT2D eigenvalue weighted by Crippen LogP contribution is -2.46. The molecule has 3 amide bonds. The van der Waals surface area contributed by atoms with Gasteiger partial charge >= 0.3 is 6.03 Å². The molecule has 0 fully saturated rings. The summed E-state index contributed by atoms with van der Waals surface area (Å²) in [7, 11) is 0. The molecule has 2 aromatic rings. The Bertz CT molecular complexity index is 913. The topological polar surface area (TPSA) is 70.2 Å². The molecule has 1 atom stereocenters. The van der Waals surface area contributed by atoms with Crippen molar-refractivity contribution in [1.29, 1.82) is 0 Å². The number of rotatable bonds is 3. The molecule has 0 unspecified atom stereocenters. The fraction of sp³-hybridized carbons (Fsp3) is 0.111. The predicted octanol–water partition coefficient (Wildman–Crippen LogP) is 4.40. The maximum Gasteiger partial charge on any atom is 0.319 e. The Kier molecular flexibility index (Phi) is 5.15. The second kappa shape index (κ2) is 7.35. The van der Waals surface area contributed by atoms with E-state index in [0.717, 1.165) is 0 Å². The summed E-state index contributed by atoms with van der Waals surface area (Å²) in [6.07, 6.45) is 0. The van der Waals surface area contributed by atoms with Crippen LogP contribution in [0, 0.1) is 5.82 Å². The first-order chi connectivity index (χ1) is 12.3. The number of hydrogen-bond acceptors (Lipinski definition) is 2. The third kappa shape index (κ3) is 3.81. The molecule has 1 aliphatic rings. The SMILES string of the molecule is CC1=C(C(=O)Nc2ccc(F)cc2)[C@@H](c2ccc(Cl)cc2Cl)NC(=O)N1. The van der Waals surface area contributed by atoms with Gasteiger partial charge in [0.15, 0.2) is 0 Å². The van der Waals surface area contributed by atoms with Crippen molar-refractivity contribution in [2.75, 3.05) is 5.32 Å². The van der Waals surface area contributed by atoms with Gasteiger partial charge in [-0.05, 0) is 48.9 Å². The van der Waals surface area contributed by atoms with E-state index in [1.54, 1.807) is 19.1 Å². The van der Waals surface area contributed by atoms with Crippen molar-refractivity contribution in [2.24, 2.45) is 0 Å². The first-order valence-corrected chi connectivity index (χ1v) is 8.41. The molecule has 2 aromatic carbocycles. The summed E-state index contributed by atoms with van der Waals surface area (Å²) in [6, 6.07) is 8.99. The molecule has 3 N–H and O–H groups in total. The van der Waals surface area contributed by atoms with Crippen LogP contribution in [0.25, 0.3) is 0 Å². The van der Waals surface area contributed by atoms with E-state index >= 15 is 0 Å². The number of benzene rings is 2. The van der Waals surface area contributed by atoms with Crippen LogP contribution in [-0.4, -0.2) is 11.9 Å². The Morgan fingerprint density at radius 3 is 2.50 bits per heavy atom. The van der Waals surface area contributed by atoms with Crippen LogP contribution in [0.1, 0.15) is 18.5 Å². The number of hydrogen-bond donors (Lipinski definition) is 3. The summed E-state index contributed by atoms with van der Waals surface area (Å²) in [6.45, 7) is 1.62. The summed E-state index contributed by atoms with van der Waals surface area (Å²) in [4.78, 5) is 24.7. The van der Waals surface area contributed by atoms with Gasteiger partial charge in [-0.1, -0.05) is 29.3 Å². The lowest BCUT2D eigenvalue weighted by Gasteiger charge is -2.29. The van der Waals surface area contributed by atoms with E-state index in [1.165, 1.54) is 30.3 Å². The molecule has 0 bridgehead atoms. The minimum absolute atomic E-state index is 0.290. The minimum atomic E-state index is -0.756. The lowest BCUT2D eigenvalue weighted by molar-refractivity contribution is -0.113. The highest BCUT2D eigenvalue weighted by Crippen LogP contribution is 2.33. The molecule has 134 valence electrons. The highest BCUT2D eigenvalue weighted by Gasteiger charge is 2.32. The molecule has 0 saturated carbocycles. The molecule has 8 heteroatoms. The monoisotopic (exact) mass is 393 g/mol. The average molecular weight is 394 g/mol. The van der Waals surface area contributed by atoms with Gasteiger partial charge in [-0.15, -0.1) is 0 Å². The fourth-order valence-corrected chi connectivity index (χ4v) is 3.21. The molecule has 0 radical (unpaired) electrons. The highest BCUT2D eigenvalue weighted by molar-refractivity contribution is 6.35. The summed E-state index contributed by atoms with van der Waals surface area (Å²) < 4.78 is 13.0. The summed E-state index contributed by atoms with van der Waals surface area (Å²) in [5.41, 5.74) is 1.65. The van der Waals surface area contributed by atoms with Crippen molar-refractivity contribution in [3.05, 3.63) is 75.2 Å². The van der Waals surface area contributed by atoms with Crippen LogP contribution in [0.15, 0.2) is 53.7 Å². The van der Waals surface area contributed by atoms with E-state index in [4.69, 9.17) is 23.2 Å². The second-order valence-electron chi connectivity index (χ2n) is 5.70. The van der Waals surface area contributed by atoms with Crippen molar-refractivity contribution < 1.29 is 14.0 Å². The quantitative estimate of drug-likeness (QED) is 0.722. The molecule has 0 aliphatic carbocycles. The molecule has 0 aromatic heterocycles. The smallest absolute Gasteiger partial charge is 0.319 e. The van der Waals surface area contributed by atoms with Crippen LogP contribution in [0.4, 0.5) is 14.9 Å². The van der Waals surface area contributed by atoms with Gasteiger partial charge in [0.25, 0.3) is 5.91 Å². The number of anilines is 1. The molecule has 1 aliphatic heterocycles. The first-order valence-electron chi connectivity index (χ1n) is 7.65. The molecule has 26 heavy (non-hydrogen) atoms. The van der Waals surface area contributed by atoms with Crippen molar-refractivity contribution in [1.82, 2.24) is 10.6 Å². The lowest BCUT2D eigenvalue weighted by atomic mass is 9.94. The Morgan fingerprint density at radius 2 is 1.85 bits per heavy atom. The number of amides is 3. The average Bonchev–Trinajstić information content (AvgIpc) is 2.56. The van der Waals surface area contributed by atoms with Crippen LogP contribution in [0.2, 0.25) is 10.0 Å². The Balaban J connectivity index is 1.97. The number of carbonyl (C=O) groups excluding carboxylic acids is 2. The Hall–Kier alpha value is -2.57. The Labute approximate surface area is 159 Å². The normalized spacial score (nSPS) is 16.8. The van der Waals surface area contributed by atoms with Gasteiger partial charge in [0.05, 0.1) is 11.6 Å². The van der Waals surface area contributed by atoms with Crippen LogP contribution in [0.3, 0.4) is 0 Å². The van der Waals surface area contributed by atoms with E-state index in [0.29, 0.717) is 27.0 Å². The van der Waals surface area contributed by atoms with Gasteiger partial charge in [-0.3, -0.25) is 4.79 Å². The predicted molar refractivity (Wildman–Crippen MR) is 98.6 cm³/mol. The Morgan fingerprint density at radius 1 is 1.15 bits per heavy atom. The van der Waals surface area contributed by atoms with E-state index in [2.05, 4.69) is 16.0 Å². The summed E-state index contributed by atoms with van der Waals surface area (Å²) in [5, 5.41) is 8.72. The van der Waals surface area contributed by atoms with Gasteiger partial charge in [-0.2, -0.15) is 0 Å². The molecule has 1 heterocycles. The number of urea groups is 1. The van der Waals surface area contributed by atoms with E-state index in [9.17, 15) is 14.0 Å². The zero-order chi connectivity index (χ0) is 18.8. The van der Waals surface area contributed by atoms with Crippen molar-refractivity contribution in [3.8, 4) is 0 Å². The van der Waals surface area contributed by atoms with E-state index in [1.807, 2.05) is 0 Å². The molecular weight excluding hydrogens is 380 g/mol. The maximum atomic E-state index is 13.0. The van der Waals surface area contributed by atoms with Crippen molar-refractivity contribution in [3.63, 3.8) is 0 Å². The first kappa shape index (κ1) is 18.2. The van der Waals surface area contributed by atoms with Crippen LogP contribution < -0.4 is 16.0 Å². The van der Waals surface area contributed by atoms with Gasteiger partial charge in [0.1, 0.15) is 5.82 Å². The number of halogens is 3. The van der Waals surface area contributed by atoms with Crippen LogP contribution in [0.5, 0.6) is 0 Å². The summed E-state index contributed by atoms with van der Waals surface area (Å²) >= 11 is 12.2. The number of nitrogens with one attached hydrogen (secondary N) is 3. The van der Waals surface area contributed by atoms with Gasteiger partial charge in [0, 0.05) is 21.4 Å². The zero-order valence-electron chi connectivity index (χ0n) is 13.6. The van der Waals surface area contributed by atoms with Crippen LogP contribution in [-0.2, 0) is 4.79 Å². The molecular formula is C18H14Cl2FN3O2. The highest BCUT2D eigenvalue weighted by atomic mass is 35.5. The van der Waals surface area contributed by atoms with Gasteiger partial charge in [-0.25, -0.2) is 9.18 Å². The number of carbonyl (C=O) groups is 2. The maximum absolute atomic E-state index is 13.0. The molecule has 5 nitrogen and oxygen atoms in total. The third-order valence-electron chi connectivity index (χ3n) is 3.89. The van der Waals surface area contributed by atoms with E-state index < -0.39 is 23.8 Å². The minimum Gasteiger partial charge on any atom is -0.327 e. The summed E-state index contributed by atoms with van der Waals surface area (Å²) in [5.74, 6) is -0.853. The van der Waals surface area contributed by atoms with E-state index in [-0.39, 0.29) is 5.57 Å². The third-order valence-corrected chi connectivity index (χ3v) is 4.45. The van der Waals surface area contributed by atoms with Gasteiger partial charge in [0.2, 0.25) is 0 Å². The largest absolute Gasteiger partial charge is 0.327 e. The van der Waals surface area contributed by atoms with Crippen molar-refractivity contribution >= 4 is 40.8 Å². The molecule has 3 rings (SSSR count). The standard InChI is InChI=1S/C18H14Cl2FN3O2/c1-9-15(17(25)23-12-5-3-11(21)4-6-12)16(24-18(26)22-9)13-7-2-10(19)8-14(13)20/h2-8,16H,1H3,(H,23,25)(H2,22,24,26)/t16-/m1/s1. The van der Waals surface area contributed by atoms with Crippen LogP contribution >= 0.6 is 23.2 Å². The second-order valence-corrected chi connectivity index (χ2v) is 6.54. The molecule has 0 spiro atoms. The number of allylic oxidation sites excluding steroid dienone is 1.